The smallest absolute Gasteiger partial charge is 0.338 e. The molecule has 0 unspecified atom stereocenters. The third kappa shape index (κ3) is 2.97. The molecule has 1 rings (SSSR count). The van der Waals surface area contributed by atoms with Gasteiger partial charge >= 0.3 is 11.5 Å². The quantitative estimate of drug-likeness (QED) is 0.666. The van der Waals surface area contributed by atoms with Crippen LogP contribution in [0.2, 0.25) is 0 Å². The molecule has 90 valence electrons. The first-order valence-electron chi connectivity index (χ1n) is 5.68. The van der Waals surface area contributed by atoms with Crippen molar-refractivity contribution in [2.45, 2.75) is 52.4 Å². The second-order valence-corrected chi connectivity index (χ2v) is 6.23. The monoisotopic (exact) mass is 223 g/mol. The molecule has 0 aliphatic rings. The predicted octanol–water partition coefficient (Wildman–Crippen LogP) is 4.16. The molecular formula is C14H23O2+. The van der Waals surface area contributed by atoms with Crippen LogP contribution in [0, 0.1) is 0 Å². The summed E-state index contributed by atoms with van der Waals surface area (Å²) in [6.45, 7) is 12.8. The summed E-state index contributed by atoms with van der Waals surface area (Å²) in [6, 6.07) is 3.94. The fourth-order valence-corrected chi connectivity index (χ4v) is 1.33. The maximum Gasteiger partial charge on any atom is 0.338 e. The molecule has 0 N–H and O–H groups in total. The van der Waals surface area contributed by atoms with E-state index in [9.17, 15) is 0 Å². The van der Waals surface area contributed by atoms with E-state index in [2.05, 4.69) is 41.5 Å². The van der Waals surface area contributed by atoms with Gasteiger partial charge < -0.3 is 4.74 Å². The Morgan fingerprint density at radius 3 is 1.50 bits per heavy atom. The first-order valence-corrected chi connectivity index (χ1v) is 5.68. The number of methoxy groups -OCH3 is 1. The molecule has 16 heavy (non-hydrogen) atoms. The Bertz CT molecular complexity index is 335. The number of hydrogen-bond donors (Lipinski definition) is 0. The Balaban J connectivity index is 3.33. The van der Waals surface area contributed by atoms with Gasteiger partial charge in [-0.25, -0.2) is 4.42 Å². The van der Waals surface area contributed by atoms with Crippen molar-refractivity contribution in [2.24, 2.45) is 0 Å². The lowest BCUT2D eigenvalue weighted by Gasteiger charge is -2.14. The van der Waals surface area contributed by atoms with Gasteiger partial charge in [0.25, 0.3) is 0 Å². The third-order valence-corrected chi connectivity index (χ3v) is 2.48. The second-order valence-electron chi connectivity index (χ2n) is 6.23. The van der Waals surface area contributed by atoms with Crippen molar-refractivity contribution in [2.75, 3.05) is 7.11 Å². The van der Waals surface area contributed by atoms with Crippen molar-refractivity contribution in [3.63, 3.8) is 0 Å². The zero-order valence-electron chi connectivity index (χ0n) is 11.5. The van der Waals surface area contributed by atoms with Gasteiger partial charge in [0.1, 0.15) is 5.75 Å². The third-order valence-electron chi connectivity index (χ3n) is 2.48. The largest absolute Gasteiger partial charge is 0.496 e. The maximum absolute atomic E-state index is 5.97. The lowest BCUT2D eigenvalue weighted by atomic mass is 9.90. The first kappa shape index (κ1) is 13.0. The molecule has 2 nitrogen and oxygen atoms in total. The van der Waals surface area contributed by atoms with E-state index < -0.39 is 0 Å². The molecule has 0 aliphatic carbocycles. The van der Waals surface area contributed by atoms with E-state index in [-0.39, 0.29) is 10.8 Å². The highest BCUT2D eigenvalue weighted by Crippen LogP contribution is 2.32. The van der Waals surface area contributed by atoms with E-state index in [1.807, 2.05) is 12.1 Å². The Kier molecular flexibility index (Phi) is 3.32. The summed E-state index contributed by atoms with van der Waals surface area (Å²) >= 11 is 0. The van der Waals surface area contributed by atoms with Crippen LogP contribution in [0.3, 0.4) is 0 Å². The van der Waals surface area contributed by atoms with Crippen LogP contribution in [0.4, 0.5) is 0 Å². The molecule has 0 fully saturated rings. The SMILES string of the molecule is COc1cc(C(C)(C)C)[o+]c(C(C)(C)C)c1. The van der Waals surface area contributed by atoms with E-state index >= 15 is 0 Å². The summed E-state index contributed by atoms with van der Waals surface area (Å²) in [5, 5.41) is 0. The van der Waals surface area contributed by atoms with Crippen molar-refractivity contribution in [1.82, 2.24) is 0 Å². The standard InChI is InChI=1S/C14H23O2/c1-13(2,3)11-8-10(15-7)9-12(16-11)14(4,5)6/h8-9H,1-7H3/q+1. The maximum atomic E-state index is 5.97. The highest BCUT2D eigenvalue weighted by molar-refractivity contribution is 5.29. The summed E-state index contributed by atoms with van der Waals surface area (Å²) in [7, 11) is 1.69. The van der Waals surface area contributed by atoms with Crippen LogP contribution >= 0.6 is 0 Å². The van der Waals surface area contributed by atoms with Crippen LogP contribution in [-0.2, 0) is 10.8 Å². The van der Waals surface area contributed by atoms with Crippen molar-refractivity contribution < 1.29 is 9.15 Å². The van der Waals surface area contributed by atoms with Gasteiger partial charge in [-0.05, 0) is 41.5 Å². The molecule has 0 spiro atoms. The highest BCUT2D eigenvalue weighted by atomic mass is 16.5. The van der Waals surface area contributed by atoms with E-state index in [1.54, 1.807) is 7.11 Å². The molecule has 0 saturated heterocycles. The average Bonchev–Trinajstić information content (AvgIpc) is 2.14. The van der Waals surface area contributed by atoms with Crippen molar-refractivity contribution in [3.8, 4) is 5.75 Å². The van der Waals surface area contributed by atoms with Gasteiger partial charge in [-0.3, -0.25) is 0 Å². The fourth-order valence-electron chi connectivity index (χ4n) is 1.33. The Hall–Kier alpha value is -1.05. The van der Waals surface area contributed by atoms with Crippen LogP contribution < -0.4 is 4.74 Å². The van der Waals surface area contributed by atoms with Crippen LogP contribution in [0.5, 0.6) is 5.75 Å². The first-order chi connectivity index (χ1) is 7.14. The van der Waals surface area contributed by atoms with Gasteiger partial charge in [0, 0.05) is 0 Å². The molecule has 0 atom stereocenters. The summed E-state index contributed by atoms with van der Waals surface area (Å²) in [5.41, 5.74) is -0.0108. The predicted molar refractivity (Wildman–Crippen MR) is 67.1 cm³/mol. The van der Waals surface area contributed by atoms with Crippen LogP contribution in [-0.4, -0.2) is 7.11 Å². The molecule has 0 radical (unpaired) electrons. The fraction of sp³-hybridized carbons (Fsp3) is 0.643. The minimum absolute atomic E-state index is 0.00542. The minimum atomic E-state index is -0.00542. The van der Waals surface area contributed by atoms with Gasteiger partial charge in [-0.2, -0.15) is 0 Å². The normalized spacial score (nSPS) is 12.7. The Morgan fingerprint density at radius 2 is 1.25 bits per heavy atom. The lowest BCUT2D eigenvalue weighted by molar-refractivity contribution is 0.316. The van der Waals surface area contributed by atoms with Gasteiger partial charge in [0.15, 0.2) is 0 Å². The van der Waals surface area contributed by atoms with Crippen molar-refractivity contribution in [3.05, 3.63) is 23.7 Å². The van der Waals surface area contributed by atoms with Gasteiger partial charge in [0.2, 0.25) is 0 Å². The summed E-state index contributed by atoms with van der Waals surface area (Å²) < 4.78 is 11.3. The number of hydrogen-bond acceptors (Lipinski definition) is 1. The topological polar surface area (TPSA) is 20.5 Å². The zero-order valence-corrected chi connectivity index (χ0v) is 11.5. The minimum Gasteiger partial charge on any atom is -0.496 e. The van der Waals surface area contributed by atoms with Crippen molar-refractivity contribution >= 4 is 0 Å². The molecule has 1 aromatic heterocycles. The molecule has 0 aliphatic heterocycles. The molecule has 0 saturated carbocycles. The van der Waals surface area contributed by atoms with Crippen molar-refractivity contribution in [1.29, 1.82) is 0 Å². The van der Waals surface area contributed by atoms with Crippen LogP contribution in [0.25, 0.3) is 0 Å². The molecule has 0 amide bonds. The molecule has 1 heterocycles. The van der Waals surface area contributed by atoms with E-state index in [1.165, 1.54) is 0 Å². The summed E-state index contributed by atoms with van der Waals surface area (Å²) in [4.78, 5) is 0. The Morgan fingerprint density at radius 1 is 0.875 bits per heavy atom. The van der Waals surface area contributed by atoms with Crippen LogP contribution in [0.15, 0.2) is 16.5 Å². The molecule has 0 aromatic carbocycles. The molecule has 2 heteroatoms. The molecular weight excluding hydrogens is 200 g/mol. The van der Waals surface area contributed by atoms with Gasteiger partial charge in [-0.1, -0.05) is 0 Å². The highest BCUT2D eigenvalue weighted by Gasteiger charge is 2.34. The molecule has 0 bridgehead atoms. The number of rotatable bonds is 1. The molecule has 1 aromatic rings. The summed E-state index contributed by atoms with van der Waals surface area (Å²) in [5.74, 6) is 2.77. The zero-order chi connectivity index (χ0) is 12.6. The second kappa shape index (κ2) is 4.08. The van der Waals surface area contributed by atoms with E-state index in [4.69, 9.17) is 9.15 Å². The van der Waals surface area contributed by atoms with E-state index in [0.717, 1.165) is 17.3 Å². The lowest BCUT2D eigenvalue weighted by Crippen LogP contribution is -2.16. The van der Waals surface area contributed by atoms with Gasteiger partial charge in [-0.15, -0.1) is 0 Å². The number of ether oxygens (including phenoxy) is 1. The van der Waals surface area contributed by atoms with E-state index in [0.29, 0.717) is 0 Å². The van der Waals surface area contributed by atoms with Crippen LogP contribution in [0.1, 0.15) is 53.1 Å². The Labute approximate surface area is 98.6 Å². The summed E-state index contributed by atoms with van der Waals surface area (Å²) in [6.07, 6.45) is 0. The van der Waals surface area contributed by atoms with Gasteiger partial charge in [0.05, 0.1) is 30.1 Å². The average molecular weight is 223 g/mol.